The van der Waals surface area contributed by atoms with Gasteiger partial charge in [-0.2, -0.15) is 0 Å². The van der Waals surface area contributed by atoms with Gasteiger partial charge >= 0.3 is 0 Å². The third-order valence-corrected chi connectivity index (χ3v) is 2.90. The number of ether oxygens (including phenoxy) is 1. The lowest BCUT2D eigenvalue weighted by molar-refractivity contribution is 0.106. The van der Waals surface area contributed by atoms with E-state index in [0.29, 0.717) is 5.88 Å². The number of nitrogen functional groups attached to an aromatic ring is 1. The molecular formula is C12H13N3O2. The number of anilines is 1. The number of nitrogens with zero attached hydrogens (tertiary/aromatic N) is 2. The second kappa shape index (κ2) is 4.18. The second-order valence-electron chi connectivity index (χ2n) is 4.02. The van der Waals surface area contributed by atoms with Crippen LogP contribution in [0.4, 0.5) is 5.88 Å². The number of aromatic nitrogens is 2. The molecule has 0 amide bonds. The van der Waals surface area contributed by atoms with Crippen LogP contribution < -0.4 is 5.73 Å². The van der Waals surface area contributed by atoms with Crippen LogP contribution in [0.3, 0.4) is 0 Å². The lowest BCUT2D eigenvalue weighted by atomic mass is 10.1. The first-order valence-corrected chi connectivity index (χ1v) is 5.64. The van der Waals surface area contributed by atoms with Gasteiger partial charge < -0.3 is 15.0 Å². The zero-order valence-electron chi connectivity index (χ0n) is 9.30. The summed E-state index contributed by atoms with van der Waals surface area (Å²) in [6, 6.07) is 5.66. The third kappa shape index (κ3) is 1.78. The Morgan fingerprint density at radius 1 is 1.35 bits per heavy atom. The summed E-state index contributed by atoms with van der Waals surface area (Å²) in [5, 5.41) is 4.01. The molecule has 0 bridgehead atoms. The van der Waals surface area contributed by atoms with E-state index >= 15 is 0 Å². The highest BCUT2D eigenvalue weighted by molar-refractivity contribution is 5.72. The molecule has 3 heterocycles. The van der Waals surface area contributed by atoms with Crippen LogP contribution in [-0.4, -0.2) is 16.7 Å². The van der Waals surface area contributed by atoms with Crippen LogP contribution in [0.1, 0.15) is 24.6 Å². The Morgan fingerprint density at radius 2 is 2.29 bits per heavy atom. The molecule has 0 radical (unpaired) electrons. The lowest BCUT2D eigenvalue weighted by Gasteiger charge is -2.07. The summed E-state index contributed by atoms with van der Waals surface area (Å²) in [4.78, 5) is 4.28. The molecule has 0 aromatic carbocycles. The van der Waals surface area contributed by atoms with E-state index in [4.69, 9.17) is 15.0 Å². The van der Waals surface area contributed by atoms with Crippen molar-refractivity contribution in [2.75, 3.05) is 12.3 Å². The van der Waals surface area contributed by atoms with Crippen molar-refractivity contribution in [3.8, 4) is 11.3 Å². The van der Waals surface area contributed by atoms with Gasteiger partial charge in [-0.15, -0.1) is 0 Å². The van der Waals surface area contributed by atoms with Crippen LogP contribution in [0.2, 0.25) is 0 Å². The highest BCUT2D eigenvalue weighted by Gasteiger charge is 2.27. The predicted molar refractivity (Wildman–Crippen MR) is 62.1 cm³/mol. The van der Waals surface area contributed by atoms with E-state index in [9.17, 15) is 0 Å². The maximum Gasteiger partial charge on any atom is 0.231 e. The Balaban J connectivity index is 2.06. The second-order valence-corrected chi connectivity index (χ2v) is 4.02. The third-order valence-electron chi connectivity index (χ3n) is 2.90. The van der Waals surface area contributed by atoms with Crippen LogP contribution >= 0.6 is 0 Å². The van der Waals surface area contributed by atoms with Crippen molar-refractivity contribution >= 4 is 5.88 Å². The fraction of sp³-hybridized carbons (Fsp3) is 0.333. The Hall–Kier alpha value is -1.88. The minimum atomic E-state index is -0.0203. The Bertz CT molecular complexity index is 504. The Labute approximate surface area is 98.6 Å². The standard InChI is InChI=1S/C12H13N3O2/c13-12-10(8-4-1-2-6-14-8)11(15-17-12)9-5-3-7-16-9/h1-2,4,6,9H,3,5,7,13H2. The van der Waals surface area contributed by atoms with E-state index in [2.05, 4.69) is 10.1 Å². The zero-order valence-corrected chi connectivity index (χ0v) is 9.30. The Morgan fingerprint density at radius 3 is 3.00 bits per heavy atom. The number of hydrogen-bond acceptors (Lipinski definition) is 5. The molecular weight excluding hydrogens is 218 g/mol. The van der Waals surface area contributed by atoms with Gasteiger partial charge in [0.1, 0.15) is 11.8 Å². The van der Waals surface area contributed by atoms with Crippen molar-refractivity contribution in [3.63, 3.8) is 0 Å². The van der Waals surface area contributed by atoms with Crippen LogP contribution in [0.25, 0.3) is 11.3 Å². The molecule has 1 atom stereocenters. The molecule has 0 spiro atoms. The van der Waals surface area contributed by atoms with E-state index < -0.39 is 0 Å². The largest absolute Gasteiger partial charge is 0.372 e. The first kappa shape index (κ1) is 10.3. The fourth-order valence-corrected chi connectivity index (χ4v) is 2.10. The van der Waals surface area contributed by atoms with Gasteiger partial charge in [0.25, 0.3) is 0 Å². The smallest absolute Gasteiger partial charge is 0.231 e. The molecule has 0 aliphatic carbocycles. The van der Waals surface area contributed by atoms with Gasteiger partial charge in [-0.25, -0.2) is 0 Å². The monoisotopic (exact) mass is 231 g/mol. The summed E-state index contributed by atoms with van der Waals surface area (Å²) < 4.78 is 10.7. The SMILES string of the molecule is Nc1onc(C2CCCO2)c1-c1ccccn1. The lowest BCUT2D eigenvalue weighted by Crippen LogP contribution is -1.99. The van der Waals surface area contributed by atoms with Crippen LogP contribution in [0, 0.1) is 0 Å². The van der Waals surface area contributed by atoms with Gasteiger partial charge in [-0.05, 0) is 25.0 Å². The van der Waals surface area contributed by atoms with E-state index in [1.165, 1.54) is 0 Å². The van der Waals surface area contributed by atoms with Crippen molar-refractivity contribution in [1.82, 2.24) is 10.1 Å². The van der Waals surface area contributed by atoms with Crippen molar-refractivity contribution in [1.29, 1.82) is 0 Å². The first-order valence-electron chi connectivity index (χ1n) is 5.64. The summed E-state index contributed by atoms with van der Waals surface area (Å²) in [6.45, 7) is 0.763. The quantitative estimate of drug-likeness (QED) is 0.857. The minimum absolute atomic E-state index is 0.0203. The van der Waals surface area contributed by atoms with Gasteiger partial charge in [0.2, 0.25) is 5.88 Å². The Kier molecular flexibility index (Phi) is 2.53. The van der Waals surface area contributed by atoms with Gasteiger partial charge in [-0.3, -0.25) is 4.98 Å². The van der Waals surface area contributed by atoms with Gasteiger partial charge in [0.05, 0.1) is 11.3 Å². The summed E-state index contributed by atoms with van der Waals surface area (Å²) >= 11 is 0. The van der Waals surface area contributed by atoms with Crippen molar-refractivity contribution in [2.24, 2.45) is 0 Å². The minimum Gasteiger partial charge on any atom is -0.372 e. The maximum absolute atomic E-state index is 5.82. The van der Waals surface area contributed by atoms with E-state index in [-0.39, 0.29) is 6.10 Å². The average Bonchev–Trinajstić information content (AvgIpc) is 2.98. The van der Waals surface area contributed by atoms with Gasteiger partial charge in [0, 0.05) is 12.8 Å². The van der Waals surface area contributed by atoms with Crippen molar-refractivity contribution in [3.05, 3.63) is 30.1 Å². The average molecular weight is 231 g/mol. The molecule has 1 aliphatic rings. The molecule has 17 heavy (non-hydrogen) atoms. The maximum atomic E-state index is 5.82. The van der Waals surface area contributed by atoms with Crippen molar-refractivity contribution < 1.29 is 9.26 Å². The first-order chi connectivity index (χ1) is 8.36. The van der Waals surface area contributed by atoms with Crippen LogP contribution in [0.5, 0.6) is 0 Å². The van der Waals surface area contributed by atoms with Crippen LogP contribution in [-0.2, 0) is 4.74 Å². The highest BCUT2D eigenvalue weighted by atomic mass is 16.5. The number of nitrogens with two attached hydrogens (primary N) is 1. The molecule has 0 saturated carbocycles. The summed E-state index contributed by atoms with van der Waals surface area (Å²) in [7, 11) is 0. The number of rotatable bonds is 2. The molecule has 5 heteroatoms. The van der Waals surface area contributed by atoms with E-state index in [0.717, 1.165) is 36.4 Å². The summed E-state index contributed by atoms with van der Waals surface area (Å²) in [5.41, 5.74) is 8.12. The van der Waals surface area contributed by atoms with Gasteiger partial charge in [-0.1, -0.05) is 11.2 Å². The molecule has 88 valence electrons. The molecule has 1 unspecified atom stereocenters. The summed E-state index contributed by atoms with van der Waals surface area (Å²) in [5.74, 6) is 0.300. The predicted octanol–water partition coefficient (Wildman–Crippen LogP) is 2.17. The van der Waals surface area contributed by atoms with E-state index in [1.54, 1.807) is 6.20 Å². The molecule has 3 rings (SSSR count). The number of hydrogen-bond donors (Lipinski definition) is 1. The molecule has 2 aromatic heterocycles. The molecule has 1 fully saturated rings. The topological polar surface area (TPSA) is 74.2 Å². The van der Waals surface area contributed by atoms with Crippen LogP contribution in [0.15, 0.2) is 28.9 Å². The molecule has 1 aliphatic heterocycles. The molecule has 1 saturated heterocycles. The molecule has 5 nitrogen and oxygen atoms in total. The van der Waals surface area contributed by atoms with Crippen molar-refractivity contribution in [2.45, 2.75) is 18.9 Å². The normalized spacial score (nSPS) is 19.6. The van der Waals surface area contributed by atoms with E-state index in [1.807, 2.05) is 18.2 Å². The molecule has 2 N–H and O–H groups in total. The highest BCUT2D eigenvalue weighted by Crippen LogP contribution is 2.37. The zero-order chi connectivity index (χ0) is 11.7. The summed E-state index contributed by atoms with van der Waals surface area (Å²) in [6.07, 6.45) is 3.69. The van der Waals surface area contributed by atoms with Gasteiger partial charge in [0.15, 0.2) is 0 Å². The molecule has 2 aromatic rings. The fourth-order valence-electron chi connectivity index (χ4n) is 2.10. The number of pyridine rings is 1.